The average molecular weight is 296 g/mol. The second-order valence-electron chi connectivity index (χ2n) is 3.92. The van der Waals surface area contributed by atoms with E-state index in [1.807, 2.05) is 0 Å². The van der Waals surface area contributed by atoms with Crippen LogP contribution in [-0.2, 0) is 13.6 Å². The quantitative estimate of drug-likeness (QED) is 0.620. The first-order valence-electron chi connectivity index (χ1n) is 5.05. The van der Waals surface area contributed by atoms with Gasteiger partial charge in [-0.25, -0.2) is 4.98 Å². The molecule has 2 rings (SSSR count). The Balaban J connectivity index is 0.00000180. The minimum Gasteiger partial charge on any atom is -0.445 e. The number of allylic oxidation sites excluding steroid dienone is 1. The minimum atomic E-state index is -5.16. The van der Waals surface area contributed by atoms with Crippen LogP contribution < -0.4 is 56.9 Å². The molecule has 0 bridgehead atoms. The van der Waals surface area contributed by atoms with Gasteiger partial charge in [-0.2, -0.15) is 5.10 Å². The molecule has 2 aromatic heterocycles. The Bertz CT molecular complexity index is 678. The molecule has 0 aliphatic carbocycles. The predicted octanol–water partition coefficient (Wildman–Crippen LogP) is -1.92. The minimum absolute atomic E-state index is 0. The molecule has 0 saturated heterocycles. The SMILES string of the molecule is C=C(Cn1cnc2c(cnn2C)c1=O)[B-](F)(F)F.[K+]. The molecule has 0 aromatic carbocycles. The molecule has 96 valence electrons. The Kier molecular flexibility index (Phi) is 5.18. The fourth-order valence-electron chi connectivity index (χ4n) is 1.50. The van der Waals surface area contributed by atoms with Crippen LogP contribution in [0.15, 0.2) is 29.4 Å². The van der Waals surface area contributed by atoms with E-state index in [4.69, 9.17) is 0 Å². The normalized spacial score (nSPS) is 11.4. The Morgan fingerprint density at radius 1 is 1.47 bits per heavy atom. The molecule has 10 heteroatoms. The number of hydrogen-bond acceptors (Lipinski definition) is 3. The summed E-state index contributed by atoms with van der Waals surface area (Å²) in [6.45, 7) is -2.83. The van der Waals surface area contributed by atoms with Crippen molar-refractivity contribution in [3.63, 3.8) is 0 Å². The Morgan fingerprint density at radius 3 is 2.68 bits per heavy atom. The molecule has 0 spiro atoms. The van der Waals surface area contributed by atoms with Crippen LogP contribution in [0.2, 0.25) is 0 Å². The molecule has 0 unspecified atom stereocenters. The largest absolute Gasteiger partial charge is 1.00 e. The van der Waals surface area contributed by atoms with E-state index in [1.165, 1.54) is 10.9 Å². The summed E-state index contributed by atoms with van der Waals surface area (Å²) in [6, 6.07) is 0. The van der Waals surface area contributed by atoms with Gasteiger partial charge in [-0.1, -0.05) is 0 Å². The summed E-state index contributed by atoms with van der Waals surface area (Å²) in [4.78, 5) is 15.8. The summed E-state index contributed by atoms with van der Waals surface area (Å²) in [7, 11) is 1.59. The Hall–Kier alpha value is -0.419. The standard InChI is InChI=1S/C9H9BF3N4O.K/c1-6(10(11,12)13)4-17-5-14-8-7(9(17)18)3-15-16(8)2;/h3,5H,1,4H2,2H3;/q-1;+1. The van der Waals surface area contributed by atoms with Crippen molar-refractivity contribution in [2.75, 3.05) is 0 Å². The van der Waals surface area contributed by atoms with Gasteiger partial charge in [0.2, 0.25) is 0 Å². The van der Waals surface area contributed by atoms with Crippen LogP contribution in [-0.4, -0.2) is 26.3 Å². The molecule has 0 atom stereocenters. The zero-order chi connectivity index (χ0) is 13.5. The van der Waals surface area contributed by atoms with E-state index in [9.17, 15) is 17.7 Å². The van der Waals surface area contributed by atoms with Gasteiger partial charge in [0, 0.05) is 13.6 Å². The fraction of sp³-hybridized carbons (Fsp3) is 0.222. The number of rotatable bonds is 3. The topological polar surface area (TPSA) is 52.7 Å². The maximum atomic E-state index is 12.4. The molecule has 0 N–H and O–H groups in total. The van der Waals surface area contributed by atoms with Crippen molar-refractivity contribution in [2.45, 2.75) is 6.54 Å². The second-order valence-corrected chi connectivity index (χ2v) is 3.92. The van der Waals surface area contributed by atoms with Gasteiger partial charge in [0.1, 0.15) is 11.7 Å². The van der Waals surface area contributed by atoms with Crippen LogP contribution in [0.1, 0.15) is 0 Å². The van der Waals surface area contributed by atoms with Crippen LogP contribution in [0.5, 0.6) is 0 Å². The first kappa shape index (κ1) is 16.6. The molecule has 0 aliphatic rings. The van der Waals surface area contributed by atoms with Gasteiger partial charge in [-0.15, -0.1) is 12.1 Å². The van der Waals surface area contributed by atoms with Gasteiger partial charge in [0.15, 0.2) is 5.65 Å². The van der Waals surface area contributed by atoms with E-state index in [1.54, 1.807) is 7.05 Å². The molecule has 2 heterocycles. The van der Waals surface area contributed by atoms with E-state index in [0.29, 0.717) is 5.65 Å². The van der Waals surface area contributed by atoms with Gasteiger partial charge in [-0.3, -0.25) is 14.0 Å². The van der Waals surface area contributed by atoms with Crippen molar-refractivity contribution in [1.29, 1.82) is 0 Å². The summed E-state index contributed by atoms with van der Waals surface area (Å²) in [5, 5.41) is 4.01. The van der Waals surface area contributed by atoms with Crippen molar-refractivity contribution in [3.05, 3.63) is 34.9 Å². The third-order valence-electron chi connectivity index (χ3n) is 2.55. The maximum Gasteiger partial charge on any atom is 1.00 e. The van der Waals surface area contributed by atoms with E-state index >= 15 is 0 Å². The summed E-state index contributed by atoms with van der Waals surface area (Å²) in [5.41, 5.74) is -1.17. The molecule has 2 aromatic rings. The average Bonchev–Trinajstić information content (AvgIpc) is 2.64. The molecule has 0 amide bonds. The van der Waals surface area contributed by atoms with Crippen molar-refractivity contribution in [2.24, 2.45) is 7.05 Å². The van der Waals surface area contributed by atoms with Gasteiger partial charge < -0.3 is 12.9 Å². The third-order valence-corrected chi connectivity index (χ3v) is 2.55. The molecule has 0 radical (unpaired) electrons. The molecular formula is C9H9BF3KN4O. The van der Waals surface area contributed by atoms with Crippen LogP contribution in [0.3, 0.4) is 0 Å². The van der Waals surface area contributed by atoms with Gasteiger partial charge >= 0.3 is 58.4 Å². The summed E-state index contributed by atoms with van der Waals surface area (Å²) in [6.07, 6.45) is 2.35. The number of aromatic nitrogens is 4. The maximum absolute atomic E-state index is 12.4. The first-order chi connectivity index (χ1) is 8.30. The number of aryl methyl sites for hydroxylation is 1. The van der Waals surface area contributed by atoms with Crippen LogP contribution >= 0.6 is 0 Å². The van der Waals surface area contributed by atoms with Crippen LogP contribution in [0.25, 0.3) is 11.0 Å². The smallest absolute Gasteiger partial charge is 0.445 e. The third kappa shape index (κ3) is 3.37. The number of nitrogens with zero attached hydrogens (tertiary/aromatic N) is 4. The zero-order valence-electron chi connectivity index (χ0n) is 10.5. The van der Waals surface area contributed by atoms with Crippen LogP contribution in [0, 0.1) is 0 Å². The Morgan fingerprint density at radius 2 is 2.11 bits per heavy atom. The van der Waals surface area contributed by atoms with E-state index in [-0.39, 0.29) is 56.8 Å². The van der Waals surface area contributed by atoms with Gasteiger partial charge in [0.05, 0.1) is 6.20 Å². The monoisotopic (exact) mass is 296 g/mol. The van der Waals surface area contributed by atoms with Gasteiger partial charge in [-0.05, 0) is 0 Å². The summed E-state index contributed by atoms with van der Waals surface area (Å²) >= 11 is 0. The fourth-order valence-corrected chi connectivity index (χ4v) is 1.50. The molecular weight excluding hydrogens is 287 g/mol. The zero-order valence-corrected chi connectivity index (χ0v) is 13.6. The van der Waals surface area contributed by atoms with Crippen molar-refractivity contribution in [3.8, 4) is 0 Å². The first-order valence-corrected chi connectivity index (χ1v) is 5.05. The van der Waals surface area contributed by atoms with E-state index < -0.39 is 24.6 Å². The molecule has 0 fully saturated rings. The van der Waals surface area contributed by atoms with Crippen molar-refractivity contribution >= 4 is 18.0 Å². The second kappa shape index (κ2) is 5.92. The number of hydrogen-bond donors (Lipinski definition) is 0. The van der Waals surface area contributed by atoms with Gasteiger partial charge in [0.25, 0.3) is 5.56 Å². The van der Waals surface area contributed by atoms with Crippen molar-refractivity contribution in [1.82, 2.24) is 19.3 Å². The van der Waals surface area contributed by atoms with E-state index in [2.05, 4.69) is 16.7 Å². The summed E-state index contributed by atoms with van der Waals surface area (Å²) in [5.74, 6) is 0. The molecule has 5 nitrogen and oxygen atoms in total. The van der Waals surface area contributed by atoms with Crippen LogP contribution in [0.4, 0.5) is 12.9 Å². The van der Waals surface area contributed by atoms with E-state index in [0.717, 1.165) is 10.9 Å². The molecule has 19 heavy (non-hydrogen) atoms. The molecule has 0 aliphatic heterocycles. The number of fused-ring (bicyclic) bond motifs is 1. The van der Waals surface area contributed by atoms with Crippen molar-refractivity contribution < 1.29 is 64.3 Å². The predicted molar refractivity (Wildman–Crippen MR) is 61.0 cm³/mol. The number of halogens is 3. The summed E-state index contributed by atoms with van der Waals surface area (Å²) < 4.78 is 39.4. The molecule has 0 saturated carbocycles. The Labute approximate surface area is 149 Å².